The molecule has 0 aliphatic carbocycles. The highest BCUT2D eigenvalue weighted by Crippen LogP contribution is 2.26. The minimum Gasteiger partial charge on any atom is -0.481 e. The lowest BCUT2D eigenvalue weighted by Gasteiger charge is -2.36. The average molecular weight is 369 g/mol. The Bertz CT molecular complexity index is 575. The highest BCUT2D eigenvalue weighted by molar-refractivity contribution is 5.85. The summed E-state index contributed by atoms with van der Waals surface area (Å²) in [7, 11) is 0. The maximum absolute atomic E-state index is 12.8. The van der Waals surface area contributed by atoms with Crippen molar-refractivity contribution in [3.05, 3.63) is 29.3 Å². The van der Waals surface area contributed by atoms with Crippen LogP contribution in [0.3, 0.4) is 0 Å². The number of benzene rings is 1. The van der Waals surface area contributed by atoms with Crippen LogP contribution >= 0.6 is 12.4 Å². The number of amides is 1. The van der Waals surface area contributed by atoms with Gasteiger partial charge in [0, 0.05) is 19.1 Å². The van der Waals surface area contributed by atoms with Gasteiger partial charge in [-0.1, -0.05) is 26.0 Å². The number of piperidine rings is 1. The third-order valence-corrected chi connectivity index (χ3v) is 5.04. The fourth-order valence-electron chi connectivity index (χ4n) is 3.24. The number of rotatable bonds is 5. The molecule has 1 fully saturated rings. The third-order valence-electron chi connectivity index (χ3n) is 5.04. The lowest BCUT2D eigenvalue weighted by molar-refractivity contribution is -0.139. The van der Waals surface area contributed by atoms with E-state index in [2.05, 4.69) is 32.0 Å². The Morgan fingerprint density at radius 2 is 1.96 bits per heavy atom. The van der Waals surface area contributed by atoms with Crippen LogP contribution < -0.4 is 10.5 Å². The van der Waals surface area contributed by atoms with Crippen LogP contribution in [-0.2, 0) is 4.79 Å². The van der Waals surface area contributed by atoms with Crippen molar-refractivity contribution >= 4 is 18.3 Å². The summed E-state index contributed by atoms with van der Waals surface area (Å²) in [6, 6.07) is 6.37. The normalized spacial score (nSPS) is 20.0. The maximum atomic E-state index is 12.8. The predicted molar refractivity (Wildman–Crippen MR) is 106 cm³/mol. The van der Waals surface area contributed by atoms with Crippen LogP contribution in [-0.4, -0.2) is 36.0 Å². The first-order chi connectivity index (χ1) is 11.3. The number of halogens is 1. The van der Waals surface area contributed by atoms with Gasteiger partial charge in [-0.2, -0.15) is 0 Å². The average Bonchev–Trinajstić information content (AvgIpc) is 2.55. The second kappa shape index (κ2) is 9.44. The molecule has 3 unspecified atom stereocenters. The van der Waals surface area contributed by atoms with Gasteiger partial charge in [-0.05, 0) is 62.6 Å². The number of aryl methyl sites for hydroxylation is 1. The Labute approximate surface area is 158 Å². The molecule has 0 radical (unpaired) electrons. The number of hydrogen-bond donors (Lipinski definition) is 1. The first-order valence-corrected chi connectivity index (χ1v) is 9.11. The van der Waals surface area contributed by atoms with E-state index < -0.39 is 6.10 Å². The molecule has 5 heteroatoms. The van der Waals surface area contributed by atoms with Gasteiger partial charge < -0.3 is 15.4 Å². The van der Waals surface area contributed by atoms with Gasteiger partial charge in [-0.15, -0.1) is 12.4 Å². The van der Waals surface area contributed by atoms with Crippen molar-refractivity contribution in [2.75, 3.05) is 13.1 Å². The summed E-state index contributed by atoms with van der Waals surface area (Å²) >= 11 is 0. The van der Waals surface area contributed by atoms with Crippen molar-refractivity contribution in [3.8, 4) is 5.75 Å². The number of nitrogens with zero attached hydrogens (tertiary/aromatic N) is 1. The molecule has 0 saturated carbocycles. The summed E-state index contributed by atoms with van der Waals surface area (Å²) < 4.78 is 6.02. The van der Waals surface area contributed by atoms with Gasteiger partial charge in [0.15, 0.2) is 6.10 Å². The minimum absolute atomic E-state index is 0. The second-order valence-electron chi connectivity index (χ2n) is 7.49. The van der Waals surface area contributed by atoms with Gasteiger partial charge in [0.05, 0.1) is 0 Å². The van der Waals surface area contributed by atoms with Crippen molar-refractivity contribution < 1.29 is 9.53 Å². The smallest absolute Gasteiger partial charge is 0.263 e. The zero-order valence-electron chi connectivity index (χ0n) is 16.1. The molecule has 0 spiro atoms. The van der Waals surface area contributed by atoms with E-state index in [1.807, 2.05) is 25.7 Å². The Balaban J connectivity index is 0.00000312. The molecule has 0 bridgehead atoms. The highest BCUT2D eigenvalue weighted by Gasteiger charge is 2.29. The zero-order valence-corrected chi connectivity index (χ0v) is 16.9. The minimum atomic E-state index is -0.474. The molecular weight excluding hydrogens is 336 g/mol. The Morgan fingerprint density at radius 3 is 2.56 bits per heavy atom. The highest BCUT2D eigenvalue weighted by atomic mass is 35.5. The first-order valence-electron chi connectivity index (χ1n) is 9.11. The Hall–Kier alpha value is -1.26. The molecule has 1 aliphatic heterocycles. The zero-order chi connectivity index (χ0) is 17.9. The van der Waals surface area contributed by atoms with Crippen LogP contribution in [0.15, 0.2) is 18.2 Å². The summed E-state index contributed by atoms with van der Waals surface area (Å²) in [4.78, 5) is 14.7. The molecule has 142 valence electrons. The van der Waals surface area contributed by atoms with E-state index >= 15 is 0 Å². The van der Waals surface area contributed by atoms with Gasteiger partial charge in [0.25, 0.3) is 5.91 Å². The maximum Gasteiger partial charge on any atom is 0.263 e. The molecule has 1 aliphatic rings. The number of carbonyl (C=O) groups is 1. The van der Waals surface area contributed by atoms with E-state index in [1.54, 1.807) is 0 Å². The molecule has 1 aromatic carbocycles. The van der Waals surface area contributed by atoms with Gasteiger partial charge in [-0.3, -0.25) is 4.79 Å². The van der Waals surface area contributed by atoms with Crippen molar-refractivity contribution in [3.63, 3.8) is 0 Å². The molecule has 1 saturated heterocycles. The topological polar surface area (TPSA) is 55.6 Å². The molecule has 0 aromatic heterocycles. The van der Waals surface area contributed by atoms with E-state index in [-0.39, 0.29) is 24.4 Å². The molecule has 25 heavy (non-hydrogen) atoms. The quantitative estimate of drug-likeness (QED) is 0.857. The standard InChI is InChI=1S/C20H32N2O2.ClH/c1-13(2)17-9-8-14(3)19(11-17)24-16(5)20(23)22-10-6-7-18(12-22)15(4)21;/h8-9,11,13,15-16,18H,6-7,10,12,21H2,1-5H3;1H. The van der Waals surface area contributed by atoms with E-state index in [1.165, 1.54) is 5.56 Å². The van der Waals surface area contributed by atoms with E-state index in [0.29, 0.717) is 11.8 Å². The summed E-state index contributed by atoms with van der Waals surface area (Å²) in [5.41, 5.74) is 8.31. The van der Waals surface area contributed by atoms with Crippen LogP contribution in [0.4, 0.5) is 0 Å². The molecule has 3 atom stereocenters. The van der Waals surface area contributed by atoms with Crippen molar-refractivity contribution in [1.82, 2.24) is 4.90 Å². The van der Waals surface area contributed by atoms with Gasteiger partial charge in [0.1, 0.15) is 5.75 Å². The molecule has 1 amide bonds. The predicted octanol–water partition coefficient (Wildman–Crippen LogP) is 3.89. The van der Waals surface area contributed by atoms with Gasteiger partial charge in [0.2, 0.25) is 0 Å². The molecular formula is C20H33ClN2O2. The molecule has 2 N–H and O–H groups in total. The van der Waals surface area contributed by atoms with Crippen molar-refractivity contribution in [1.29, 1.82) is 0 Å². The summed E-state index contributed by atoms with van der Waals surface area (Å²) in [5.74, 6) is 1.70. The Kier molecular flexibility index (Phi) is 8.23. The number of carbonyl (C=O) groups excluding carboxylic acids is 1. The fourth-order valence-corrected chi connectivity index (χ4v) is 3.24. The first kappa shape index (κ1) is 21.8. The Morgan fingerprint density at radius 1 is 1.28 bits per heavy atom. The second-order valence-corrected chi connectivity index (χ2v) is 7.49. The van der Waals surface area contributed by atoms with E-state index in [9.17, 15) is 4.79 Å². The molecule has 4 nitrogen and oxygen atoms in total. The van der Waals surface area contributed by atoms with Crippen LogP contribution in [0.1, 0.15) is 57.6 Å². The van der Waals surface area contributed by atoms with Crippen molar-refractivity contribution in [2.24, 2.45) is 11.7 Å². The lowest BCUT2D eigenvalue weighted by Crippen LogP contribution is -2.48. The monoisotopic (exact) mass is 368 g/mol. The summed E-state index contributed by atoms with van der Waals surface area (Å²) in [6.45, 7) is 11.8. The van der Waals surface area contributed by atoms with Crippen LogP contribution in [0.25, 0.3) is 0 Å². The molecule has 2 rings (SSSR count). The number of hydrogen-bond acceptors (Lipinski definition) is 3. The SMILES string of the molecule is Cc1ccc(C(C)C)cc1OC(C)C(=O)N1CCCC(C(C)N)C1.Cl. The number of likely N-dealkylation sites (tertiary alicyclic amines) is 1. The fraction of sp³-hybridized carbons (Fsp3) is 0.650. The summed E-state index contributed by atoms with van der Waals surface area (Å²) in [5, 5.41) is 0. The van der Waals surface area contributed by atoms with Crippen LogP contribution in [0.5, 0.6) is 5.75 Å². The molecule has 1 heterocycles. The van der Waals surface area contributed by atoms with Crippen LogP contribution in [0.2, 0.25) is 0 Å². The summed E-state index contributed by atoms with van der Waals surface area (Å²) in [6.07, 6.45) is 1.65. The molecule has 1 aromatic rings. The third kappa shape index (κ3) is 5.61. The van der Waals surface area contributed by atoms with E-state index in [0.717, 1.165) is 37.2 Å². The largest absolute Gasteiger partial charge is 0.481 e. The van der Waals surface area contributed by atoms with Gasteiger partial charge >= 0.3 is 0 Å². The van der Waals surface area contributed by atoms with E-state index in [4.69, 9.17) is 10.5 Å². The lowest BCUT2D eigenvalue weighted by atomic mass is 9.92. The number of ether oxygens (including phenoxy) is 1. The van der Waals surface area contributed by atoms with Crippen molar-refractivity contribution in [2.45, 2.75) is 65.5 Å². The van der Waals surface area contributed by atoms with Gasteiger partial charge in [-0.25, -0.2) is 0 Å². The number of nitrogens with two attached hydrogens (primary N) is 1. The van der Waals surface area contributed by atoms with Crippen LogP contribution in [0, 0.1) is 12.8 Å².